The van der Waals surface area contributed by atoms with E-state index in [1.54, 1.807) is 0 Å². The highest BCUT2D eigenvalue weighted by Gasteiger charge is 2.45. The second-order valence-corrected chi connectivity index (χ2v) is 14.1. The molecule has 11 atom stereocenters. The third-order valence-electron chi connectivity index (χ3n) is 9.43. The molecular weight excluding hydrogens is 818 g/mol. The van der Waals surface area contributed by atoms with Gasteiger partial charge in [-0.2, -0.15) is 0 Å². The van der Waals surface area contributed by atoms with Gasteiger partial charge < -0.3 is 90.5 Å². The third kappa shape index (κ3) is 17.3. The Labute approximate surface area is 351 Å². The fraction of sp³-hybridized carbons (Fsp3) is 0.703. The van der Waals surface area contributed by atoms with E-state index in [9.17, 15) is 64.8 Å². The van der Waals surface area contributed by atoms with Crippen LogP contribution in [0.5, 0.6) is 0 Å². The second kappa shape index (κ2) is 27.0. The molecule has 2 heterocycles. The number of methoxy groups -OCH3 is 1. The predicted octanol–water partition coefficient (Wildman–Crippen LogP) is -6.09. The number of esters is 1. The van der Waals surface area contributed by atoms with Gasteiger partial charge in [0, 0.05) is 19.6 Å². The molecule has 1 aromatic carbocycles. The van der Waals surface area contributed by atoms with E-state index in [1.165, 1.54) is 0 Å². The Kier molecular flexibility index (Phi) is 22.7. The third-order valence-corrected chi connectivity index (χ3v) is 9.43. The highest BCUT2D eigenvalue weighted by Crippen LogP contribution is 2.23. The van der Waals surface area contributed by atoms with Crippen LogP contribution in [0.1, 0.15) is 24.8 Å². The molecule has 2 saturated heterocycles. The summed E-state index contributed by atoms with van der Waals surface area (Å²) in [4.78, 5) is 64.9. The second-order valence-electron chi connectivity index (χ2n) is 14.1. The quantitative estimate of drug-likeness (QED) is 0.0321. The first kappa shape index (κ1) is 51.2. The van der Waals surface area contributed by atoms with Crippen molar-refractivity contribution in [2.75, 3.05) is 72.8 Å². The summed E-state index contributed by atoms with van der Waals surface area (Å²) in [7, 11) is 1.13. The number of rotatable bonds is 25. The molecule has 0 spiro atoms. The molecule has 0 bridgehead atoms. The average molecular weight is 878 g/mol. The Morgan fingerprint density at radius 3 is 1.67 bits per heavy atom. The molecule has 346 valence electrons. The first-order chi connectivity index (χ1) is 29.2. The molecule has 12 N–H and O–H groups in total. The van der Waals surface area contributed by atoms with E-state index in [0.717, 1.165) is 17.6 Å². The number of carbonyl (C=O) groups is 5. The van der Waals surface area contributed by atoms with Gasteiger partial charge in [0.2, 0.25) is 17.7 Å². The number of aliphatic hydroxyl groups is 8. The summed E-state index contributed by atoms with van der Waals surface area (Å²) in [5.74, 6) is -2.90. The summed E-state index contributed by atoms with van der Waals surface area (Å²) in [6, 6.07) is 7.96. The highest BCUT2D eigenvalue weighted by atomic mass is 16.7. The van der Waals surface area contributed by atoms with Crippen LogP contribution in [0.2, 0.25) is 0 Å². The van der Waals surface area contributed by atoms with E-state index in [0.29, 0.717) is 12.8 Å². The maximum Gasteiger partial charge on any atom is 0.407 e. The topological polar surface area (TPSA) is 354 Å². The Bertz CT molecular complexity index is 1440. The predicted molar refractivity (Wildman–Crippen MR) is 204 cm³/mol. The Balaban J connectivity index is 1.52. The minimum absolute atomic E-state index is 0.0867. The average Bonchev–Trinajstić information content (AvgIpc) is 3.25. The van der Waals surface area contributed by atoms with Gasteiger partial charge in [-0.15, -0.1) is 0 Å². The molecule has 0 aliphatic carbocycles. The standard InChI is InChI=1S/C37H59N5O19/c1-56-34(54)22(9-5-6-10-40-37(55)59-20-21-7-3-2-4-8-21)41-27(47)17-42(15-25(45)38-11-13-57-35-32(52)30(50)28(48)23(18-43)60-35)16-26(46)39-12-14-58-36-33(53)31(51)29(49)24(19-44)61-36/h2-4,7-8,22-24,28-33,35-36,43-44,48-53H,5-6,9-20H2,1H3,(H,38,45)(H,39,46)(H,40,55)(H,41,47)/t22-,23+,24+,28+,29+,30-,31-,32-,33-,35-,36-/m0/s1. The lowest BCUT2D eigenvalue weighted by Gasteiger charge is -2.39. The fourth-order valence-electron chi connectivity index (χ4n) is 6.10. The zero-order valence-corrected chi connectivity index (χ0v) is 33.7. The van der Waals surface area contributed by atoms with Crippen molar-refractivity contribution in [3.63, 3.8) is 0 Å². The van der Waals surface area contributed by atoms with Crippen molar-refractivity contribution in [2.24, 2.45) is 0 Å². The Morgan fingerprint density at radius 1 is 0.672 bits per heavy atom. The molecular formula is C37H59N5O19. The first-order valence-electron chi connectivity index (χ1n) is 19.6. The maximum absolute atomic E-state index is 13.2. The number of ether oxygens (including phenoxy) is 6. The van der Waals surface area contributed by atoms with Crippen LogP contribution in [-0.4, -0.2) is 216 Å². The molecule has 0 radical (unpaired) electrons. The number of carbonyl (C=O) groups excluding carboxylic acids is 5. The fourth-order valence-corrected chi connectivity index (χ4v) is 6.10. The number of unbranched alkanes of at least 4 members (excludes halogenated alkanes) is 1. The van der Waals surface area contributed by atoms with E-state index in [2.05, 4.69) is 21.3 Å². The van der Waals surface area contributed by atoms with Gasteiger partial charge in [0.25, 0.3) is 0 Å². The minimum Gasteiger partial charge on any atom is -0.467 e. The Morgan fingerprint density at radius 2 is 1.18 bits per heavy atom. The van der Waals surface area contributed by atoms with Gasteiger partial charge in [0.05, 0.1) is 53.2 Å². The largest absolute Gasteiger partial charge is 0.467 e. The molecule has 2 fully saturated rings. The molecule has 24 nitrogen and oxygen atoms in total. The van der Waals surface area contributed by atoms with Crippen LogP contribution in [0.15, 0.2) is 30.3 Å². The van der Waals surface area contributed by atoms with E-state index in [1.807, 2.05) is 30.3 Å². The molecule has 2 aliphatic rings. The highest BCUT2D eigenvalue weighted by molar-refractivity contribution is 5.87. The Hall–Kier alpha value is -4.15. The van der Waals surface area contributed by atoms with Crippen molar-refractivity contribution in [3.05, 3.63) is 35.9 Å². The monoisotopic (exact) mass is 877 g/mol. The number of alkyl carbamates (subject to hydrolysis) is 1. The van der Waals surface area contributed by atoms with Crippen molar-refractivity contribution in [2.45, 2.75) is 93.3 Å². The molecule has 0 unspecified atom stereocenters. The summed E-state index contributed by atoms with van der Waals surface area (Å²) in [6.07, 6.45) is -14.9. The summed E-state index contributed by atoms with van der Waals surface area (Å²) in [5, 5.41) is 89.0. The number of aliphatic hydroxyl groups excluding tert-OH is 8. The lowest BCUT2D eigenvalue weighted by Crippen LogP contribution is -2.59. The van der Waals surface area contributed by atoms with Crippen molar-refractivity contribution in [1.82, 2.24) is 26.2 Å². The summed E-state index contributed by atoms with van der Waals surface area (Å²) >= 11 is 0. The lowest BCUT2D eigenvalue weighted by atomic mass is 9.99. The lowest BCUT2D eigenvalue weighted by molar-refractivity contribution is -0.300. The van der Waals surface area contributed by atoms with Crippen LogP contribution >= 0.6 is 0 Å². The summed E-state index contributed by atoms with van der Waals surface area (Å²) in [5.41, 5.74) is 0.814. The minimum atomic E-state index is -1.67. The van der Waals surface area contributed by atoms with Crippen molar-refractivity contribution >= 4 is 29.8 Å². The van der Waals surface area contributed by atoms with Crippen LogP contribution in [0.3, 0.4) is 0 Å². The van der Waals surface area contributed by atoms with Gasteiger partial charge in [-0.05, 0) is 24.8 Å². The summed E-state index contributed by atoms with van der Waals surface area (Å²) < 4.78 is 31.3. The van der Waals surface area contributed by atoms with Gasteiger partial charge in [-0.25, -0.2) is 9.59 Å². The van der Waals surface area contributed by atoms with E-state index in [4.69, 9.17) is 28.4 Å². The van der Waals surface area contributed by atoms with Crippen molar-refractivity contribution < 1.29 is 93.2 Å². The van der Waals surface area contributed by atoms with Gasteiger partial charge in [0.15, 0.2) is 12.6 Å². The smallest absolute Gasteiger partial charge is 0.407 e. The number of amides is 4. The maximum atomic E-state index is 13.2. The zero-order chi connectivity index (χ0) is 44.9. The van der Waals surface area contributed by atoms with Gasteiger partial charge in [-0.3, -0.25) is 19.3 Å². The number of hydrogen-bond acceptors (Lipinski definition) is 20. The van der Waals surface area contributed by atoms with Crippen LogP contribution in [0, 0.1) is 0 Å². The van der Waals surface area contributed by atoms with Gasteiger partial charge in [0.1, 0.15) is 61.5 Å². The van der Waals surface area contributed by atoms with E-state index >= 15 is 0 Å². The van der Waals surface area contributed by atoms with Crippen molar-refractivity contribution in [3.8, 4) is 0 Å². The first-order valence-corrected chi connectivity index (χ1v) is 19.6. The number of benzene rings is 1. The zero-order valence-electron chi connectivity index (χ0n) is 33.7. The SMILES string of the molecule is COC(=O)[C@H](CCCCNC(=O)OCc1ccccc1)NC(=O)CN(CC(=O)NCCO[C@H]1O[C@H](CO)[C@@H](O)[C@H](O)[C@@H]1O)CC(=O)NCCO[C@H]1O[C@H](CO)[C@@H](O)[C@H](O)[C@@H]1O. The van der Waals surface area contributed by atoms with Gasteiger partial charge in [-0.1, -0.05) is 30.3 Å². The number of hydrogen-bond donors (Lipinski definition) is 12. The molecule has 3 rings (SSSR count). The van der Waals surface area contributed by atoms with Crippen LogP contribution < -0.4 is 21.3 Å². The number of nitrogens with zero attached hydrogens (tertiary/aromatic N) is 1. The van der Waals surface area contributed by atoms with Crippen LogP contribution in [0.25, 0.3) is 0 Å². The molecule has 24 heteroatoms. The van der Waals surface area contributed by atoms with Crippen LogP contribution in [0.4, 0.5) is 4.79 Å². The molecule has 61 heavy (non-hydrogen) atoms. The van der Waals surface area contributed by atoms with E-state index < -0.39 is 130 Å². The molecule has 4 amide bonds. The molecule has 0 saturated carbocycles. The molecule has 2 aliphatic heterocycles. The number of nitrogens with one attached hydrogen (secondary N) is 4. The molecule has 0 aromatic heterocycles. The normalized spacial score (nSPS) is 26.8. The van der Waals surface area contributed by atoms with Gasteiger partial charge >= 0.3 is 12.1 Å². The van der Waals surface area contributed by atoms with Crippen LogP contribution in [-0.2, 0) is 54.2 Å². The molecule has 1 aromatic rings. The summed E-state index contributed by atoms with van der Waals surface area (Å²) in [6.45, 7) is -3.56. The van der Waals surface area contributed by atoms with Crippen molar-refractivity contribution in [1.29, 1.82) is 0 Å². The van der Waals surface area contributed by atoms with E-state index in [-0.39, 0.29) is 45.9 Å².